The molecule has 0 amide bonds. The Morgan fingerprint density at radius 3 is 2.58 bits per heavy atom. The van der Waals surface area contributed by atoms with Crippen LogP contribution in [-0.2, 0) is 5.41 Å². The molecule has 1 aromatic rings. The third kappa shape index (κ3) is 2.73. The number of aromatic nitrogens is 2. The molecule has 1 heterocycles. The molecule has 106 valence electrons. The van der Waals surface area contributed by atoms with Crippen LogP contribution in [0.4, 0.5) is 0 Å². The molecular weight excluding hydrogens is 240 g/mol. The lowest BCUT2D eigenvalue weighted by Gasteiger charge is -2.41. The van der Waals surface area contributed by atoms with Crippen molar-refractivity contribution in [3.63, 3.8) is 0 Å². The smallest absolute Gasteiger partial charge is 0.235 e. The number of methoxy groups -OCH3 is 1. The molecule has 0 aliphatic heterocycles. The second-order valence-electron chi connectivity index (χ2n) is 6.23. The van der Waals surface area contributed by atoms with Gasteiger partial charge in [-0.3, -0.25) is 4.98 Å². The van der Waals surface area contributed by atoms with Crippen molar-refractivity contribution in [3.8, 4) is 5.88 Å². The number of ether oxygens (including phenoxy) is 1. The van der Waals surface area contributed by atoms with Crippen LogP contribution in [0.25, 0.3) is 0 Å². The fourth-order valence-electron chi connectivity index (χ4n) is 3.28. The summed E-state index contributed by atoms with van der Waals surface area (Å²) >= 11 is 0. The van der Waals surface area contributed by atoms with Crippen molar-refractivity contribution in [1.82, 2.24) is 9.97 Å². The summed E-state index contributed by atoms with van der Waals surface area (Å²) in [7, 11) is 1.61. The van der Waals surface area contributed by atoms with Crippen LogP contribution in [0.15, 0.2) is 12.4 Å². The van der Waals surface area contributed by atoms with Gasteiger partial charge in [-0.1, -0.05) is 27.2 Å². The van der Waals surface area contributed by atoms with Gasteiger partial charge < -0.3 is 9.84 Å². The van der Waals surface area contributed by atoms with Gasteiger partial charge >= 0.3 is 0 Å². The fourth-order valence-corrected chi connectivity index (χ4v) is 3.28. The van der Waals surface area contributed by atoms with E-state index in [1.807, 2.05) is 0 Å². The Labute approximate surface area is 115 Å². The largest absolute Gasteiger partial charge is 0.480 e. The third-order valence-electron chi connectivity index (χ3n) is 4.47. The van der Waals surface area contributed by atoms with E-state index in [0.717, 1.165) is 25.0 Å². The molecule has 1 N–H and O–H groups in total. The SMILES string of the molecule is COc1nccnc1C(C)(C)C1CCC(C)CC1O. The predicted octanol–water partition coefficient (Wildman–Crippen LogP) is 2.56. The lowest BCUT2D eigenvalue weighted by atomic mass is 9.66. The molecule has 19 heavy (non-hydrogen) atoms. The minimum Gasteiger partial charge on any atom is -0.480 e. The molecule has 1 fully saturated rings. The number of hydrogen-bond donors (Lipinski definition) is 1. The minimum absolute atomic E-state index is 0.203. The average Bonchev–Trinajstić information content (AvgIpc) is 2.38. The number of nitrogens with zero attached hydrogens (tertiary/aromatic N) is 2. The monoisotopic (exact) mass is 264 g/mol. The molecule has 1 aliphatic rings. The lowest BCUT2D eigenvalue weighted by molar-refractivity contribution is 0.0125. The van der Waals surface area contributed by atoms with Crippen molar-refractivity contribution in [2.24, 2.45) is 11.8 Å². The summed E-state index contributed by atoms with van der Waals surface area (Å²) in [4.78, 5) is 8.68. The van der Waals surface area contributed by atoms with E-state index in [4.69, 9.17) is 4.74 Å². The first-order chi connectivity index (χ1) is 8.96. The summed E-state index contributed by atoms with van der Waals surface area (Å²) in [5, 5.41) is 10.4. The topological polar surface area (TPSA) is 55.2 Å². The van der Waals surface area contributed by atoms with E-state index in [0.29, 0.717) is 11.8 Å². The molecule has 3 unspecified atom stereocenters. The van der Waals surface area contributed by atoms with Crippen molar-refractivity contribution in [2.75, 3.05) is 7.11 Å². The number of hydrogen-bond acceptors (Lipinski definition) is 4. The maximum Gasteiger partial charge on any atom is 0.235 e. The lowest BCUT2D eigenvalue weighted by Crippen LogP contribution is -2.42. The van der Waals surface area contributed by atoms with Gasteiger partial charge in [-0.25, -0.2) is 4.98 Å². The van der Waals surface area contributed by atoms with E-state index in [2.05, 4.69) is 30.7 Å². The first kappa shape index (κ1) is 14.3. The summed E-state index contributed by atoms with van der Waals surface area (Å²) in [6, 6.07) is 0. The molecule has 1 aromatic heterocycles. The van der Waals surface area contributed by atoms with Gasteiger partial charge in [-0.15, -0.1) is 0 Å². The van der Waals surface area contributed by atoms with Gasteiger partial charge in [0.25, 0.3) is 0 Å². The van der Waals surface area contributed by atoms with Crippen LogP contribution in [-0.4, -0.2) is 28.3 Å². The average molecular weight is 264 g/mol. The van der Waals surface area contributed by atoms with Crippen LogP contribution in [0.2, 0.25) is 0 Å². The van der Waals surface area contributed by atoms with Crippen molar-refractivity contribution >= 4 is 0 Å². The summed E-state index contributed by atoms with van der Waals surface area (Å²) in [6.07, 6.45) is 6.11. The normalized spacial score (nSPS) is 28.2. The molecule has 4 heteroatoms. The van der Waals surface area contributed by atoms with Gasteiger partial charge in [0.1, 0.15) is 5.69 Å². The van der Waals surface area contributed by atoms with E-state index in [-0.39, 0.29) is 17.4 Å². The highest BCUT2D eigenvalue weighted by molar-refractivity contribution is 5.27. The standard InChI is InChI=1S/C15H24N2O2/c1-10-5-6-11(12(18)9-10)15(2,3)13-14(19-4)17-8-7-16-13/h7-8,10-12,18H,5-6,9H2,1-4H3. The van der Waals surface area contributed by atoms with Crippen LogP contribution >= 0.6 is 0 Å². The molecule has 4 nitrogen and oxygen atoms in total. The van der Waals surface area contributed by atoms with Crippen LogP contribution in [0, 0.1) is 11.8 Å². The zero-order chi connectivity index (χ0) is 14.0. The van der Waals surface area contributed by atoms with Crippen LogP contribution < -0.4 is 4.74 Å². The maximum absolute atomic E-state index is 10.4. The molecule has 0 spiro atoms. The van der Waals surface area contributed by atoms with E-state index in [9.17, 15) is 5.11 Å². The summed E-state index contributed by atoms with van der Waals surface area (Å²) < 4.78 is 5.32. The Kier molecular flexibility index (Phi) is 4.09. The quantitative estimate of drug-likeness (QED) is 0.911. The number of rotatable bonds is 3. The first-order valence-corrected chi connectivity index (χ1v) is 7.00. The summed E-state index contributed by atoms with van der Waals surface area (Å²) in [5.74, 6) is 1.37. The van der Waals surface area contributed by atoms with Crippen molar-refractivity contribution < 1.29 is 9.84 Å². The number of aliphatic hydroxyl groups is 1. The highest BCUT2D eigenvalue weighted by Gasteiger charge is 2.41. The van der Waals surface area contributed by atoms with E-state index in [1.165, 1.54) is 0 Å². The molecule has 0 bridgehead atoms. The molecule has 1 aliphatic carbocycles. The zero-order valence-corrected chi connectivity index (χ0v) is 12.3. The van der Waals surface area contributed by atoms with Crippen LogP contribution in [0.3, 0.4) is 0 Å². The zero-order valence-electron chi connectivity index (χ0n) is 12.3. The van der Waals surface area contributed by atoms with Crippen LogP contribution in [0.1, 0.15) is 45.7 Å². The summed E-state index contributed by atoms with van der Waals surface area (Å²) in [6.45, 7) is 6.46. The van der Waals surface area contributed by atoms with Crippen LogP contribution in [0.5, 0.6) is 5.88 Å². The fraction of sp³-hybridized carbons (Fsp3) is 0.733. The van der Waals surface area contributed by atoms with Crippen molar-refractivity contribution in [3.05, 3.63) is 18.1 Å². The summed E-state index contributed by atoms with van der Waals surface area (Å²) in [5.41, 5.74) is 0.607. The predicted molar refractivity (Wildman–Crippen MR) is 74.1 cm³/mol. The van der Waals surface area contributed by atoms with E-state index < -0.39 is 0 Å². The molecule has 0 aromatic carbocycles. The first-order valence-electron chi connectivity index (χ1n) is 7.00. The molecule has 2 rings (SSSR count). The van der Waals surface area contributed by atoms with Gasteiger partial charge in [0.15, 0.2) is 0 Å². The third-order valence-corrected chi connectivity index (χ3v) is 4.47. The van der Waals surface area contributed by atoms with E-state index in [1.54, 1.807) is 19.5 Å². The highest BCUT2D eigenvalue weighted by atomic mass is 16.5. The minimum atomic E-state index is -0.273. The van der Waals surface area contributed by atoms with Gasteiger partial charge in [0.05, 0.1) is 13.2 Å². The Hall–Kier alpha value is -1.16. The van der Waals surface area contributed by atoms with Gasteiger partial charge in [0.2, 0.25) is 5.88 Å². The Morgan fingerprint density at radius 1 is 1.26 bits per heavy atom. The van der Waals surface area contributed by atoms with Gasteiger partial charge in [-0.2, -0.15) is 0 Å². The number of aliphatic hydroxyl groups excluding tert-OH is 1. The molecule has 3 atom stereocenters. The highest BCUT2D eigenvalue weighted by Crippen LogP contribution is 2.43. The Balaban J connectivity index is 2.31. The van der Waals surface area contributed by atoms with Crippen molar-refractivity contribution in [1.29, 1.82) is 0 Å². The molecule has 1 saturated carbocycles. The Morgan fingerprint density at radius 2 is 1.95 bits per heavy atom. The van der Waals surface area contributed by atoms with Gasteiger partial charge in [-0.05, 0) is 24.7 Å². The van der Waals surface area contributed by atoms with Gasteiger partial charge in [0, 0.05) is 17.8 Å². The molecule has 0 saturated heterocycles. The second kappa shape index (κ2) is 5.45. The maximum atomic E-state index is 10.4. The molecular formula is C15H24N2O2. The van der Waals surface area contributed by atoms with Crippen molar-refractivity contribution in [2.45, 2.75) is 51.6 Å². The Bertz CT molecular complexity index is 434. The second-order valence-corrected chi connectivity index (χ2v) is 6.23. The molecule has 0 radical (unpaired) electrons. The van der Waals surface area contributed by atoms with E-state index >= 15 is 0 Å².